The molecule has 0 aliphatic carbocycles. The van der Waals surface area contributed by atoms with Crippen molar-refractivity contribution in [3.05, 3.63) is 33.8 Å². The highest BCUT2D eigenvalue weighted by Crippen LogP contribution is 2.32. The van der Waals surface area contributed by atoms with Crippen molar-refractivity contribution in [1.29, 1.82) is 0 Å². The van der Waals surface area contributed by atoms with Gasteiger partial charge in [-0.05, 0) is 44.5 Å². The third-order valence-electron chi connectivity index (χ3n) is 4.33. The summed E-state index contributed by atoms with van der Waals surface area (Å²) in [4.78, 5) is 12.8. The molecule has 0 bridgehead atoms. The van der Waals surface area contributed by atoms with Gasteiger partial charge in [-0.25, -0.2) is 8.42 Å². The second kappa shape index (κ2) is 8.23. The minimum Gasteiger partial charge on any atom is -0.348 e. The van der Waals surface area contributed by atoms with E-state index in [2.05, 4.69) is 10.6 Å². The molecule has 1 unspecified atom stereocenters. The fraction of sp³-hybridized carbons (Fsp3) is 0.533. The van der Waals surface area contributed by atoms with Crippen molar-refractivity contribution in [2.45, 2.75) is 30.6 Å². The molecule has 1 aromatic rings. The van der Waals surface area contributed by atoms with Gasteiger partial charge < -0.3 is 10.6 Å². The van der Waals surface area contributed by atoms with Crippen LogP contribution in [0.15, 0.2) is 18.2 Å². The van der Waals surface area contributed by atoms with Gasteiger partial charge in [0.05, 0.1) is 16.1 Å². The molecule has 1 aliphatic rings. The first kappa shape index (κ1) is 21.5. The lowest BCUT2D eigenvalue weighted by Crippen LogP contribution is -2.57. The van der Waals surface area contributed by atoms with Crippen LogP contribution in [0.25, 0.3) is 0 Å². The summed E-state index contributed by atoms with van der Waals surface area (Å²) in [7, 11) is -3.54. The van der Waals surface area contributed by atoms with Gasteiger partial charge >= 0.3 is 0 Å². The van der Waals surface area contributed by atoms with Gasteiger partial charge in [-0.3, -0.25) is 4.79 Å². The van der Waals surface area contributed by atoms with Gasteiger partial charge in [0.25, 0.3) is 0 Å². The van der Waals surface area contributed by atoms with E-state index in [0.29, 0.717) is 28.7 Å². The Morgan fingerprint density at radius 2 is 1.88 bits per heavy atom. The summed E-state index contributed by atoms with van der Waals surface area (Å²) in [5.41, 5.74) is 0.658. The van der Waals surface area contributed by atoms with E-state index >= 15 is 0 Å². The third kappa shape index (κ3) is 4.17. The number of carbonyl (C=O) groups excluding carboxylic acids is 1. The lowest BCUT2D eigenvalue weighted by molar-refractivity contribution is -0.125. The van der Waals surface area contributed by atoms with E-state index < -0.39 is 26.5 Å². The second-order valence-electron chi connectivity index (χ2n) is 5.85. The number of hydrogen-bond donors (Lipinski definition) is 2. The SMILES string of the molecule is CC(NC(=O)C1(S(C)(=O)=O)CCNCC1)c1cccc(Cl)c1Cl.Cl. The molecule has 1 saturated heterocycles. The Bertz CT molecular complexity index is 704. The van der Waals surface area contributed by atoms with E-state index in [0.717, 1.165) is 6.26 Å². The van der Waals surface area contributed by atoms with Gasteiger partial charge in [0.2, 0.25) is 5.91 Å². The van der Waals surface area contributed by atoms with Crippen molar-refractivity contribution in [2.75, 3.05) is 19.3 Å². The van der Waals surface area contributed by atoms with Crippen molar-refractivity contribution >= 4 is 51.4 Å². The van der Waals surface area contributed by atoms with Gasteiger partial charge in [0.1, 0.15) is 0 Å². The van der Waals surface area contributed by atoms with Crippen LogP contribution in [0.2, 0.25) is 10.0 Å². The highest BCUT2D eigenvalue weighted by molar-refractivity contribution is 7.92. The standard InChI is InChI=1S/C15H20Cl2N2O3S.ClH/c1-10(11-4-3-5-12(16)13(11)17)19-14(20)15(23(2,21)22)6-8-18-9-7-15;/h3-5,10,18H,6-9H2,1-2H3,(H,19,20);1H. The molecule has 1 atom stereocenters. The molecule has 0 radical (unpaired) electrons. The van der Waals surface area contributed by atoms with Crippen molar-refractivity contribution < 1.29 is 13.2 Å². The number of rotatable bonds is 4. The Kier molecular flexibility index (Phi) is 7.38. The Labute approximate surface area is 158 Å². The molecule has 2 rings (SSSR count). The lowest BCUT2D eigenvalue weighted by Gasteiger charge is -2.35. The quantitative estimate of drug-likeness (QED) is 0.793. The summed E-state index contributed by atoms with van der Waals surface area (Å²) in [5.74, 6) is -0.481. The number of carbonyl (C=O) groups is 1. The number of amides is 1. The van der Waals surface area contributed by atoms with Crippen LogP contribution in [-0.2, 0) is 14.6 Å². The molecule has 1 amide bonds. The molecule has 0 aromatic heterocycles. The number of sulfone groups is 1. The number of halogens is 3. The molecule has 136 valence electrons. The summed E-state index contributed by atoms with van der Waals surface area (Å²) in [6, 6.07) is 4.71. The molecule has 9 heteroatoms. The highest BCUT2D eigenvalue weighted by atomic mass is 35.5. The first-order chi connectivity index (χ1) is 10.7. The fourth-order valence-corrected chi connectivity index (χ4v) is 4.67. The topological polar surface area (TPSA) is 75.3 Å². The number of piperidine rings is 1. The molecule has 1 heterocycles. The molecule has 0 saturated carbocycles. The third-order valence-corrected chi connectivity index (χ3v) is 7.18. The van der Waals surface area contributed by atoms with Crippen LogP contribution in [0.4, 0.5) is 0 Å². The summed E-state index contributed by atoms with van der Waals surface area (Å²) < 4.78 is 23.1. The van der Waals surface area contributed by atoms with Crippen LogP contribution in [0, 0.1) is 0 Å². The summed E-state index contributed by atoms with van der Waals surface area (Å²) >= 11 is 12.2. The van der Waals surface area contributed by atoms with E-state index in [9.17, 15) is 13.2 Å². The van der Waals surface area contributed by atoms with E-state index in [1.165, 1.54) is 0 Å². The molecular formula is C15H21Cl3N2O3S. The van der Waals surface area contributed by atoms with Crippen LogP contribution in [-0.4, -0.2) is 38.4 Å². The Morgan fingerprint density at radius 3 is 2.42 bits per heavy atom. The van der Waals surface area contributed by atoms with Gasteiger partial charge in [-0.1, -0.05) is 35.3 Å². The minimum absolute atomic E-state index is 0. The average molecular weight is 416 g/mol. The maximum atomic E-state index is 12.8. The van der Waals surface area contributed by atoms with Gasteiger partial charge in [0, 0.05) is 6.26 Å². The minimum atomic E-state index is -3.54. The van der Waals surface area contributed by atoms with Crippen molar-refractivity contribution in [2.24, 2.45) is 0 Å². The monoisotopic (exact) mass is 414 g/mol. The second-order valence-corrected chi connectivity index (χ2v) is 8.97. The molecular weight excluding hydrogens is 395 g/mol. The molecule has 1 aromatic carbocycles. The molecule has 1 fully saturated rings. The Balaban J connectivity index is 0.00000288. The van der Waals surface area contributed by atoms with Crippen molar-refractivity contribution in [3.63, 3.8) is 0 Å². The van der Waals surface area contributed by atoms with Crippen LogP contribution < -0.4 is 10.6 Å². The molecule has 1 aliphatic heterocycles. The zero-order chi connectivity index (χ0) is 17.3. The Hall–Kier alpha value is -0.530. The maximum absolute atomic E-state index is 12.8. The van der Waals surface area contributed by atoms with Crippen LogP contribution >= 0.6 is 35.6 Å². The number of hydrogen-bond acceptors (Lipinski definition) is 4. The van der Waals surface area contributed by atoms with E-state index in [1.54, 1.807) is 25.1 Å². The first-order valence-corrected chi connectivity index (χ1v) is 9.99. The van der Waals surface area contributed by atoms with E-state index in [-0.39, 0.29) is 25.2 Å². The summed E-state index contributed by atoms with van der Waals surface area (Å²) in [6.45, 7) is 2.74. The largest absolute Gasteiger partial charge is 0.348 e. The zero-order valence-electron chi connectivity index (χ0n) is 13.4. The van der Waals surface area contributed by atoms with E-state index in [1.807, 2.05) is 0 Å². The molecule has 0 spiro atoms. The lowest BCUT2D eigenvalue weighted by atomic mass is 9.95. The van der Waals surface area contributed by atoms with Crippen LogP contribution in [0.1, 0.15) is 31.4 Å². The van der Waals surface area contributed by atoms with Crippen LogP contribution in [0.5, 0.6) is 0 Å². The summed E-state index contributed by atoms with van der Waals surface area (Å²) in [5, 5.41) is 6.63. The van der Waals surface area contributed by atoms with Gasteiger partial charge in [-0.15, -0.1) is 12.4 Å². The number of benzene rings is 1. The first-order valence-electron chi connectivity index (χ1n) is 7.34. The van der Waals surface area contributed by atoms with Crippen molar-refractivity contribution in [3.8, 4) is 0 Å². The predicted octanol–water partition coefficient (Wildman–Crippen LogP) is 2.76. The molecule has 24 heavy (non-hydrogen) atoms. The van der Waals surface area contributed by atoms with E-state index in [4.69, 9.17) is 23.2 Å². The maximum Gasteiger partial charge on any atom is 0.242 e. The fourth-order valence-electron chi connectivity index (χ4n) is 2.86. The highest BCUT2D eigenvalue weighted by Gasteiger charge is 2.48. The van der Waals surface area contributed by atoms with Gasteiger partial charge in [0.15, 0.2) is 14.6 Å². The molecule has 5 nitrogen and oxygen atoms in total. The van der Waals surface area contributed by atoms with Crippen LogP contribution in [0.3, 0.4) is 0 Å². The smallest absolute Gasteiger partial charge is 0.242 e. The zero-order valence-corrected chi connectivity index (χ0v) is 16.6. The normalized spacial score (nSPS) is 18.3. The summed E-state index contributed by atoms with van der Waals surface area (Å²) in [6.07, 6.45) is 1.64. The Morgan fingerprint density at radius 1 is 1.29 bits per heavy atom. The van der Waals surface area contributed by atoms with Gasteiger partial charge in [-0.2, -0.15) is 0 Å². The average Bonchev–Trinajstić information content (AvgIpc) is 2.49. The predicted molar refractivity (Wildman–Crippen MR) is 99.9 cm³/mol. The molecule has 2 N–H and O–H groups in total. The van der Waals surface area contributed by atoms with Crippen molar-refractivity contribution in [1.82, 2.24) is 10.6 Å². The number of nitrogens with one attached hydrogen (secondary N) is 2.